The largest absolute Gasteiger partial charge is 0.507 e. The number of phenols is 2. The summed E-state index contributed by atoms with van der Waals surface area (Å²) < 4.78 is 10.8. The number of hydrogen-bond acceptors (Lipinski definition) is 12. The van der Waals surface area contributed by atoms with Gasteiger partial charge in [0.1, 0.15) is 29.2 Å². The molecule has 0 unspecified atom stereocenters. The van der Waals surface area contributed by atoms with Crippen molar-refractivity contribution in [3.63, 3.8) is 0 Å². The van der Waals surface area contributed by atoms with Crippen LogP contribution in [0.5, 0.6) is 11.5 Å². The van der Waals surface area contributed by atoms with Crippen molar-refractivity contribution in [2.45, 2.75) is 64.1 Å². The van der Waals surface area contributed by atoms with Gasteiger partial charge in [0.15, 0.2) is 11.6 Å². The zero-order valence-electron chi connectivity index (χ0n) is 33.0. The van der Waals surface area contributed by atoms with E-state index in [1.54, 1.807) is 24.3 Å². The topological polar surface area (TPSA) is 172 Å². The Kier molecular flexibility index (Phi) is 11.5. The van der Waals surface area contributed by atoms with Gasteiger partial charge in [-0.25, -0.2) is 24.7 Å². The Morgan fingerprint density at radius 3 is 1.83 bits per heavy atom. The molecule has 3 fully saturated rings. The fraction of sp³-hybridized carbons (Fsp3) is 0.356. The van der Waals surface area contributed by atoms with Crippen LogP contribution in [0, 0.1) is 13.8 Å². The lowest BCUT2D eigenvalue weighted by atomic mass is 10.0. The van der Waals surface area contributed by atoms with Crippen molar-refractivity contribution in [2.24, 2.45) is 5.73 Å². The van der Waals surface area contributed by atoms with Crippen LogP contribution in [0.3, 0.4) is 0 Å². The van der Waals surface area contributed by atoms with Crippen molar-refractivity contribution in [1.29, 1.82) is 0 Å². The van der Waals surface area contributed by atoms with Crippen LogP contribution in [-0.2, 0) is 9.47 Å². The van der Waals surface area contributed by atoms with Crippen molar-refractivity contribution in [1.82, 2.24) is 25.3 Å². The highest BCUT2D eigenvalue weighted by Gasteiger charge is 2.28. The second-order valence-corrected chi connectivity index (χ2v) is 15.5. The number of nitrogens with zero attached hydrogens (tertiary/aromatic N) is 6. The Bertz CT molecular complexity index is 2420. The van der Waals surface area contributed by atoms with Gasteiger partial charge in [0.25, 0.3) is 0 Å². The lowest BCUT2D eigenvalue weighted by Gasteiger charge is -2.34. The molecule has 1 amide bonds. The van der Waals surface area contributed by atoms with Crippen molar-refractivity contribution in [2.75, 3.05) is 49.2 Å². The third kappa shape index (κ3) is 8.75. The molecule has 0 bridgehead atoms. The molecule has 13 heteroatoms. The number of anilines is 2. The molecule has 58 heavy (non-hydrogen) atoms. The number of hydrogen-bond donors (Lipinski definition) is 4. The first-order chi connectivity index (χ1) is 28.2. The zero-order chi connectivity index (χ0) is 40.2. The van der Waals surface area contributed by atoms with Crippen LogP contribution in [-0.4, -0.2) is 93.8 Å². The van der Waals surface area contributed by atoms with Gasteiger partial charge in [0.05, 0.1) is 35.4 Å². The molecule has 3 aliphatic rings. The summed E-state index contributed by atoms with van der Waals surface area (Å²) in [5, 5.41) is 25.6. The highest BCUT2D eigenvalue weighted by molar-refractivity contribution is 5.93. The van der Waals surface area contributed by atoms with Gasteiger partial charge >= 0.3 is 6.09 Å². The van der Waals surface area contributed by atoms with Gasteiger partial charge in [-0.3, -0.25) is 0 Å². The number of nitrogens with two attached hydrogens (primary N) is 1. The number of carbonyl (C=O) groups is 1. The first-order valence-electron chi connectivity index (χ1n) is 20.1. The molecule has 0 aliphatic carbocycles. The fourth-order valence-corrected chi connectivity index (χ4v) is 7.94. The number of aromatic hydroxyl groups is 2. The summed E-state index contributed by atoms with van der Waals surface area (Å²) in [6, 6.07) is 26.8. The summed E-state index contributed by atoms with van der Waals surface area (Å²) in [5.74, 6) is 3.08. The number of rotatable bonds is 6. The van der Waals surface area contributed by atoms with Crippen molar-refractivity contribution in [3.05, 3.63) is 96.1 Å². The van der Waals surface area contributed by atoms with Crippen LogP contribution in [0.1, 0.15) is 43.2 Å². The van der Waals surface area contributed by atoms with Crippen molar-refractivity contribution in [3.8, 4) is 34.3 Å². The van der Waals surface area contributed by atoms with Gasteiger partial charge in [0, 0.05) is 55.5 Å². The molecule has 13 nitrogen and oxygen atoms in total. The molecule has 300 valence electrons. The van der Waals surface area contributed by atoms with E-state index in [9.17, 15) is 15.0 Å². The molecule has 4 aromatic carbocycles. The van der Waals surface area contributed by atoms with E-state index in [2.05, 4.69) is 46.3 Å². The molecule has 0 saturated carbocycles. The highest BCUT2D eigenvalue weighted by Crippen LogP contribution is 2.35. The van der Waals surface area contributed by atoms with E-state index in [1.807, 2.05) is 43.3 Å². The van der Waals surface area contributed by atoms with Gasteiger partial charge < -0.3 is 40.5 Å². The van der Waals surface area contributed by atoms with Crippen molar-refractivity contribution < 1.29 is 24.5 Å². The molecular formula is C45H50N8O5. The number of aryl methyl sites for hydroxylation is 2. The van der Waals surface area contributed by atoms with E-state index in [4.69, 9.17) is 35.1 Å². The third-order valence-corrected chi connectivity index (χ3v) is 10.9. The molecular weight excluding hydrogens is 733 g/mol. The quantitative estimate of drug-likeness (QED) is 0.136. The smallest absolute Gasteiger partial charge is 0.407 e. The summed E-state index contributed by atoms with van der Waals surface area (Å²) in [7, 11) is 0. The number of amides is 1. The third-order valence-electron chi connectivity index (χ3n) is 10.9. The van der Waals surface area contributed by atoms with E-state index in [0.29, 0.717) is 42.5 Å². The standard InChI is InChI=1S/C25H28N4O4.C20H22N4O/c1-16-8-9-19-21(13-16)27-23(20-6-2-3-7-22(20)30)28-24(19)29-11-4-5-17(14-29)26-25(31)33-18-10-12-32-15-18;1-13-8-9-15-17(11-13)22-19(16-6-2-3-7-18(16)25)23-20(15)24-10-4-5-14(21)12-24/h2-3,6-9,13,17-18,30H,4-5,10-12,14-15H2,1H3,(H,26,31);2-3,6-9,11,14,25H,4-5,10,12,21H2,1H3/t17-,18+;14-/m00/s1. The SMILES string of the molecule is Cc1ccc2c(N3CCC[C@H](N)C3)nc(-c3ccccc3O)nc2c1.Cc1ccc2c(N3CCC[C@H](NC(=O)O[C@@H]4CCOC4)C3)nc(-c3ccccc3O)nc2c1. The van der Waals surface area contributed by atoms with E-state index < -0.39 is 6.09 Å². The average Bonchev–Trinajstić information content (AvgIpc) is 3.73. The summed E-state index contributed by atoms with van der Waals surface area (Å²) in [4.78, 5) is 36.0. The summed E-state index contributed by atoms with van der Waals surface area (Å²) >= 11 is 0. The molecule has 9 rings (SSSR count). The number of phenolic OH excluding ortho intramolecular Hbond substituents is 2. The Hall–Kier alpha value is -6.05. The van der Waals surface area contributed by atoms with Crippen molar-refractivity contribution >= 4 is 39.5 Å². The minimum absolute atomic E-state index is 0.0439. The van der Waals surface area contributed by atoms with Gasteiger partial charge in [-0.15, -0.1) is 0 Å². The number of aromatic nitrogens is 4. The number of piperidine rings is 2. The predicted octanol–water partition coefficient (Wildman–Crippen LogP) is 7.03. The molecule has 6 aromatic rings. The lowest BCUT2D eigenvalue weighted by molar-refractivity contribution is 0.0803. The minimum Gasteiger partial charge on any atom is -0.507 e. The van der Waals surface area contributed by atoms with Gasteiger partial charge in [-0.2, -0.15) is 0 Å². The molecule has 5 N–H and O–H groups in total. The highest BCUT2D eigenvalue weighted by atomic mass is 16.6. The van der Waals surface area contributed by atoms with E-state index in [0.717, 1.165) is 96.3 Å². The average molecular weight is 783 g/mol. The van der Waals surface area contributed by atoms with Crippen LogP contribution in [0.15, 0.2) is 84.9 Å². The maximum atomic E-state index is 12.4. The summed E-state index contributed by atoms with van der Waals surface area (Å²) in [6.07, 6.45) is 4.08. The molecule has 5 heterocycles. The number of carbonyl (C=O) groups excluding carboxylic acids is 1. The molecule has 3 saturated heterocycles. The van der Waals surface area contributed by atoms with E-state index in [-0.39, 0.29) is 29.7 Å². The Balaban J connectivity index is 0.000000168. The second-order valence-electron chi connectivity index (χ2n) is 15.5. The molecule has 2 aromatic heterocycles. The number of nitrogens with one attached hydrogen (secondary N) is 1. The monoisotopic (exact) mass is 782 g/mol. The van der Waals surface area contributed by atoms with Gasteiger partial charge in [-0.1, -0.05) is 36.4 Å². The Labute approximate surface area is 337 Å². The minimum atomic E-state index is -0.393. The number of alkyl carbamates (subject to hydrolysis) is 1. The van der Waals surface area contributed by atoms with Crippen LogP contribution in [0.4, 0.5) is 16.4 Å². The zero-order valence-corrected chi connectivity index (χ0v) is 33.0. The first kappa shape index (κ1) is 38.8. The van der Waals surface area contributed by atoms with E-state index in [1.165, 1.54) is 0 Å². The lowest BCUT2D eigenvalue weighted by Crippen LogP contribution is -2.48. The van der Waals surface area contributed by atoms with Crippen LogP contribution in [0.2, 0.25) is 0 Å². The summed E-state index contributed by atoms with van der Waals surface area (Å²) in [5.41, 5.74) is 11.4. The Morgan fingerprint density at radius 2 is 1.29 bits per heavy atom. The maximum Gasteiger partial charge on any atom is 0.407 e. The number of benzene rings is 4. The Morgan fingerprint density at radius 1 is 0.741 bits per heavy atom. The normalized spacial score (nSPS) is 19.5. The predicted molar refractivity (Wildman–Crippen MR) is 226 cm³/mol. The maximum absolute atomic E-state index is 12.4. The van der Waals surface area contributed by atoms with Crippen LogP contribution in [0.25, 0.3) is 44.6 Å². The molecule has 3 atom stereocenters. The van der Waals surface area contributed by atoms with Crippen LogP contribution >= 0.6 is 0 Å². The summed E-state index contributed by atoms with van der Waals surface area (Å²) in [6.45, 7) is 8.36. The first-order valence-corrected chi connectivity index (χ1v) is 20.1. The van der Waals surface area contributed by atoms with Gasteiger partial charge in [-0.05, 0) is 99.2 Å². The fourth-order valence-electron chi connectivity index (χ4n) is 7.94. The molecule has 3 aliphatic heterocycles. The number of ether oxygens (including phenoxy) is 2. The molecule has 0 radical (unpaired) electrons. The second kappa shape index (κ2) is 17.2. The number of para-hydroxylation sites is 2. The molecule has 0 spiro atoms. The number of fused-ring (bicyclic) bond motifs is 2. The van der Waals surface area contributed by atoms with Gasteiger partial charge in [0.2, 0.25) is 0 Å². The van der Waals surface area contributed by atoms with E-state index >= 15 is 0 Å². The van der Waals surface area contributed by atoms with Crippen LogP contribution < -0.4 is 20.9 Å².